The Bertz CT molecular complexity index is 521. The summed E-state index contributed by atoms with van der Waals surface area (Å²) in [5.74, 6) is 0.807. The SMILES string of the molecule is Cc1cc(C(N)=S)cc(NCc2cccs2)n1. The first-order valence-electron chi connectivity index (χ1n) is 5.20. The molecule has 0 aliphatic heterocycles. The Morgan fingerprint density at radius 2 is 2.35 bits per heavy atom. The Morgan fingerprint density at radius 1 is 1.53 bits per heavy atom. The monoisotopic (exact) mass is 263 g/mol. The van der Waals surface area contributed by atoms with Gasteiger partial charge in [0.25, 0.3) is 0 Å². The lowest BCUT2D eigenvalue weighted by Crippen LogP contribution is -2.11. The van der Waals surface area contributed by atoms with Crippen molar-refractivity contribution in [3.63, 3.8) is 0 Å². The van der Waals surface area contributed by atoms with E-state index in [0.717, 1.165) is 23.6 Å². The molecule has 0 saturated heterocycles. The van der Waals surface area contributed by atoms with E-state index in [1.807, 2.05) is 25.1 Å². The summed E-state index contributed by atoms with van der Waals surface area (Å²) in [5.41, 5.74) is 7.37. The van der Waals surface area contributed by atoms with Gasteiger partial charge in [0.1, 0.15) is 10.8 Å². The molecule has 2 aromatic rings. The van der Waals surface area contributed by atoms with Crippen molar-refractivity contribution >= 4 is 34.4 Å². The molecule has 88 valence electrons. The maximum absolute atomic E-state index is 5.62. The maximum Gasteiger partial charge on any atom is 0.127 e. The summed E-state index contributed by atoms with van der Waals surface area (Å²) >= 11 is 6.69. The zero-order chi connectivity index (χ0) is 12.3. The predicted octanol–water partition coefficient (Wildman–Crippen LogP) is 2.70. The Balaban J connectivity index is 2.13. The van der Waals surface area contributed by atoms with Crippen LogP contribution in [-0.4, -0.2) is 9.97 Å². The minimum atomic E-state index is 0.398. The second kappa shape index (κ2) is 5.25. The molecule has 0 amide bonds. The van der Waals surface area contributed by atoms with Crippen molar-refractivity contribution in [1.82, 2.24) is 4.98 Å². The van der Waals surface area contributed by atoms with Gasteiger partial charge < -0.3 is 11.1 Å². The zero-order valence-corrected chi connectivity index (χ0v) is 11.1. The van der Waals surface area contributed by atoms with Crippen molar-refractivity contribution in [1.29, 1.82) is 0 Å². The number of nitrogens with zero attached hydrogens (tertiary/aromatic N) is 1. The van der Waals surface area contributed by atoms with Crippen LogP contribution in [-0.2, 0) is 6.54 Å². The van der Waals surface area contributed by atoms with Crippen molar-refractivity contribution in [2.75, 3.05) is 5.32 Å². The number of hydrogen-bond donors (Lipinski definition) is 2. The van der Waals surface area contributed by atoms with Crippen LogP contribution < -0.4 is 11.1 Å². The molecule has 2 aromatic heterocycles. The Morgan fingerprint density at radius 3 is 3.00 bits per heavy atom. The first-order chi connectivity index (χ1) is 8.15. The highest BCUT2D eigenvalue weighted by Crippen LogP contribution is 2.14. The van der Waals surface area contributed by atoms with E-state index in [0.29, 0.717) is 4.99 Å². The molecular formula is C12H13N3S2. The molecule has 3 nitrogen and oxygen atoms in total. The summed E-state index contributed by atoms with van der Waals surface area (Å²) in [7, 11) is 0. The topological polar surface area (TPSA) is 50.9 Å². The number of pyridine rings is 1. The van der Waals surface area contributed by atoms with Gasteiger partial charge in [-0.3, -0.25) is 0 Å². The van der Waals surface area contributed by atoms with Crippen LogP contribution in [0.1, 0.15) is 16.1 Å². The summed E-state index contributed by atoms with van der Waals surface area (Å²) in [4.78, 5) is 6.06. The summed E-state index contributed by atoms with van der Waals surface area (Å²) in [5, 5.41) is 5.32. The molecule has 0 atom stereocenters. The number of thiophene rings is 1. The first-order valence-corrected chi connectivity index (χ1v) is 6.48. The summed E-state index contributed by atoms with van der Waals surface area (Å²) in [6, 6.07) is 7.88. The standard InChI is InChI=1S/C12H13N3S2/c1-8-5-9(12(13)16)6-11(15-8)14-7-10-3-2-4-17-10/h2-6H,7H2,1H3,(H2,13,16)(H,14,15). The fourth-order valence-electron chi connectivity index (χ4n) is 1.49. The van der Waals surface area contributed by atoms with E-state index in [2.05, 4.69) is 21.7 Å². The van der Waals surface area contributed by atoms with E-state index >= 15 is 0 Å². The third-order valence-corrected chi connectivity index (χ3v) is 3.37. The lowest BCUT2D eigenvalue weighted by atomic mass is 10.2. The van der Waals surface area contributed by atoms with Crippen LogP contribution >= 0.6 is 23.6 Å². The number of anilines is 1. The largest absolute Gasteiger partial charge is 0.389 e. The summed E-state index contributed by atoms with van der Waals surface area (Å²) < 4.78 is 0. The van der Waals surface area contributed by atoms with Gasteiger partial charge in [0.05, 0.1) is 6.54 Å². The Kier molecular flexibility index (Phi) is 3.71. The molecular weight excluding hydrogens is 250 g/mol. The van der Waals surface area contributed by atoms with E-state index in [4.69, 9.17) is 18.0 Å². The second-order valence-corrected chi connectivity index (χ2v) is 5.15. The molecule has 0 bridgehead atoms. The fourth-order valence-corrected chi connectivity index (χ4v) is 2.25. The van der Waals surface area contributed by atoms with Gasteiger partial charge in [-0.05, 0) is 30.5 Å². The third-order valence-electron chi connectivity index (χ3n) is 2.26. The highest BCUT2D eigenvalue weighted by molar-refractivity contribution is 7.80. The average Bonchev–Trinajstić information content (AvgIpc) is 2.78. The lowest BCUT2D eigenvalue weighted by molar-refractivity contribution is 1.11. The van der Waals surface area contributed by atoms with Gasteiger partial charge in [-0.25, -0.2) is 4.98 Å². The minimum absolute atomic E-state index is 0.398. The van der Waals surface area contributed by atoms with E-state index in [1.54, 1.807) is 11.3 Å². The molecule has 0 aliphatic rings. The van der Waals surface area contributed by atoms with Crippen LogP contribution in [0.15, 0.2) is 29.6 Å². The first kappa shape index (κ1) is 12.0. The van der Waals surface area contributed by atoms with Crippen LogP contribution in [0.2, 0.25) is 0 Å². The van der Waals surface area contributed by atoms with Crippen LogP contribution in [0.4, 0.5) is 5.82 Å². The number of nitrogens with one attached hydrogen (secondary N) is 1. The highest BCUT2D eigenvalue weighted by Gasteiger charge is 2.02. The number of thiocarbonyl (C=S) groups is 1. The molecule has 2 heterocycles. The third kappa shape index (κ3) is 3.25. The quantitative estimate of drug-likeness (QED) is 0.833. The number of nitrogens with two attached hydrogens (primary N) is 1. The molecule has 5 heteroatoms. The molecule has 0 spiro atoms. The Labute approximate surface area is 110 Å². The molecule has 0 aliphatic carbocycles. The van der Waals surface area contributed by atoms with Crippen LogP contribution in [0, 0.1) is 6.92 Å². The number of rotatable bonds is 4. The van der Waals surface area contributed by atoms with Gasteiger partial charge >= 0.3 is 0 Å². The van der Waals surface area contributed by atoms with Gasteiger partial charge in [0.2, 0.25) is 0 Å². The van der Waals surface area contributed by atoms with Crippen molar-refractivity contribution in [2.24, 2.45) is 5.73 Å². The number of aromatic nitrogens is 1. The molecule has 0 fully saturated rings. The molecule has 17 heavy (non-hydrogen) atoms. The van der Waals surface area contributed by atoms with E-state index in [-0.39, 0.29) is 0 Å². The number of hydrogen-bond acceptors (Lipinski definition) is 4. The van der Waals surface area contributed by atoms with Gasteiger partial charge in [-0.2, -0.15) is 0 Å². The van der Waals surface area contributed by atoms with E-state index in [9.17, 15) is 0 Å². The van der Waals surface area contributed by atoms with Gasteiger partial charge in [0.15, 0.2) is 0 Å². The Hall–Kier alpha value is -1.46. The molecule has 0 unspecified atom stereocenters. The second-order valence-electron chi connectivity index (χ2n) is 3.68. The molecule has 2 rings (SSSR count). The summed E-state index contributed by atoms with van der Waals surface area (Å²) in [6.07, 6.45) is 0. The van der Waals surface area contributed by atoms with Gasteiger partial charge in [-0.15, -0.1) is 11.3 Å². The fraction of sp³-hybridized carbons (Fsp3) is 0.167. The molecule has 3 N–H and O–H groups in total. The normalized spacial score (nSPS) is 10.2. The van der Waals surface area contributed by atoms with E-state index < -0.39 is 0 Å². The van der Waals surface area contributed by atoms with Crippen molar-refractivity contribution in [2.45, 2.75) is 13.5 Å². The highest BCUT2D eigenvalue weighted by atomic mass is 32.1. The predicted molar refractivity (Wildman–Crippen MR) is 76.5 cm³/mol. The number of aryl methyl sites for hydroxylation is 1. The van der Waals surface area contributed by atoms with Crippen LogP contribution in [0.3, 0.4) is 0 Å². The van der Waals surface area contributed by atoms with Crippen molar-refractivity contribution < 1.29 is 0 Å². The molecule has 0 aromatic carbocycles. The van der Waals surface area contributed by atoms with Crippen LogP contribution in [0.25, 0.3) is 0 Å². The molecule has 0 radical (unpaired) electrons. The summed E-state index contributed by atoms with van der Waals surface area (Å²) in [6.45, 7) is 2.70. The lowest BCUT2D eigenvalue weighted by Gasteiger charge is -2.07. The smallest absolute Gasteiger partial charge is 0.127 e. The van der Waals surface area contributed by atoms with E-state index in [1.165, 1.54) is 4.88 Å². The maximum atomic E-state index is 5.62. The minimum Gasteiger partial charge on any atom is -0.389 e. The van der Waals surface area contributed by atoms with Crippen LogP contribution in [0.5, 0.6) is 0 Å². The van der Waals surface area contributed by atoms with Crippen molar-refractivity contribution in [3.8, 4) is 0 Å². The van der Waals surface area contributed by atoms with Gasteiger partial charge in [0, 0.05) is 16.1 Å². The van der Waals surface area contributed by atoms with Crippen molar-refractivity contribution in [3.05, 3.63) is 45.8 Å². The average molecular weight is 263 g/mol. The molecule has 0 saturated carbocycles. The zero-order valence-electron chi connectivity index (χ0n) is 9.43. The van der Waals surface area contributed by atoms with Gasteiger partial charge in [-0.1, -0.05) is 18.3 Å².